The Morgan fingerprint density at radius 2 is 1.55 bits per heavy atom. The van der Waals surface area contributed by atoms with E-state index in [1.165, 1.54) is 12.1 Å². The highest BCUT2D eigenvalue weighted by Gasteiger charge is 2.26. The average molecular weight is 494 g/mol. The van der Waals surface area contributed by atoms with E-state index in [9.17, 15) is 13.2 Å². The van der Waals surface area contributed by atoms with Gasteiger partial charge in [-0.1, -0.05) is 57.9 Å². The van der Waals surface area contributed by atoms with Gasteiger partial charge in [0.2, 0.25) is 15.9 Å². The molecule has 0 atom stereocenters. The van der Waals surface area contributed by atoms with E-state index in [0.29, 0.717) is 10.7 Å². The molecule has 0 radical (unpaired) electrons. The van der Waals surface area contributed by atoms with Crippen LogP contribution in [0.4, 0.5) is 5.69 Å². The Balaban J connectivity index is 1.84. The highest BCUT2D eigenvalue weighted by Crippen LogP contribution is 2.20. The average Bonchev–Trinajstić information content (AvgIpc) is 2.71. The molecule has 1 amide bonds. The molecular weight excluding hydrogens is 476 g/mol. The van der Waals surface area contributed by atoms with Gasteiger partial charge in [-0.3, -0.25) is 4.79 Å². The number of benzene rings is 3. The van der Waals surface area contributed by atoms with E-state index < -0.39 is 15.9 Å². The van der Waals surface area contributed by atoms with Gasteiger partial charge >= 0.3 is 0 Å². The molecule has 0 aliphatic heterocycles. The first-order valence-electron chi connectivity index (χ1n) is 8.70. The zero-order valence-electron chi connectivity index (χ0n) is 15.3. The molecule has 5 nitrogen and oxygen atoms in total. The molecule has 1 N–H and O–H groups in total. The first-order valence-corrected chi connectivity index (χ1v) is 11.3. The molecule has 0 heterocycles. The zero-order valence-corrected chi connectivity index (χ0v) is 18.4. The number of nitrogens with zero attached hydrogens (tertiary/aromatic N) is 1. The van der Waals surface area contributed by atoms with Gasteiger partial charge in [-0.25, -0.2) is 8.42 Å². The Bertz CT molecular complexity index is 1070. The van der Waals surface area contributed by atoms with Gasteiger partial charge in [-0.15, -0.1) is 0 Å². The molecule has 3 aromatic carbocycles. The largest absolute Gasteiger partial charge is 0.325 e. The van der Waals surface area contributed by atoms with Crippen molar-refractivity contribution in [3.8, 4) is 0 Å². The molecule has 150 valence electrons. The Morgan fingerprint density at radius 1 is 0.931 bits per heavy atom. The highest BCUT2D eigenvalue weighted by atomic mass is 79.9. The minimum Gasteiger partial charge on any atom is -0.325 e. The van der Waals surface area contributed by atoms with Crippen LogP contribution in [0.15, 0.2) is 88.2 Å². The van der Waals surface area contributed by atoms with Crippen LogP contribution in [-0.2, 0) is 21.4 Å². The molecule has 29 heavy (non-hydrogen) atoms. The summed E-state index contributed by atoms with van der Waals surface area (Å²) in [6.45, 7) is -0.255. The van der Waals surface area contributed by atoms with Crippen molar-refractivity contribution in [2.75, 3.05) is 11.9 Å². The van der Waals surface area contributed by atoms with Crippen LogP contribution in [0.5, 0.6) is 0 Å². The van der Waals surface area contributed by atoms with Crippen molar-refractivity contribution < 1.29 is 13.2 Å². The molecule has 0 fully saturated rings. The van der Waals surface area contributed by atoms with Gasteiger partial charge in [-0.2, -0.15) is 4.31 Å². The van der Waals surface area contributed by atoms with E-state index in [0.717, 1.165) is 14.3 Å². The second-order valence-electron chi connectivity index (χ2n) is 6.27. The van der Waals surface area contributed by atoms with Gasteiger partial charge in [-0.05, 0) is 54.1 Å². The maximum atomic E-state index is 13.2. The van der Waals surface area contributed by atoms with Gasteiger partial charge in [0.05, 0.1) is 11.4 Å². The molecule has 0 saturated heterocycles. The second kappa shape index (κ2) is 9.54. The molecular formula is C21H18BrClN2O3S. The lowest BCUT2D eigenvalue weighted by Crippen LogP contribution is -2.37. The van der Waals surface area contributed by atoms with Crippen molar-refractivity contribution in [3.05, 3.63) is 93.9 Å². The van der Waals surface area contributed by atoms with Crippen molar-refractivity contribution in [2.45, 2.75) is 11.4 Å². The number of amides is 1. The predicted octanol–water partition coefficient (Wildman–Crippen LogP) is 4.93. The Kier molecular flexibility index (Phi) is 7.08. The lowest BCUT2D eigenvalue weighted by molar-refractivity contribution is -0.116. The summed E-state index contributed by atoms with van der Waals surface area (Å²) in [5, 5.41) is 3.25. The minimum atomic E-state index is -3.86. The fraction of sp³-hybridized carbons (Fsp3) is 0.0952. The lowest BCUT2D eigenvalue weighted by atomic mass is 10.2. The number of anilines is 1. The smallest absolute Gasteiger partial charge is 0.243 e. The van der Waals surface area contributed by atoms with E-state index in [1.54, 1.807) is 42.5 Å². The first-order chi connectivity index (χ1) is 13.8. The predicted molar refractivity (Wildman–Crippen MR) is 118 cm³/mol. The first kappa shape index (κ1) is 21.5. The van der Waals surface area contributed by atoms with Gasteiger partial charge in [0, 0.05) is 21.7 Å². The van der Waals surface area contributed by atoms with Gasteiger partial charge in [0.25, 0.3) is 0 Å². The van der Waals surface area contributed by atoms with E-state index >= 15 is 0 Å². The van der Waals surface area contributed by atoms with Crippen LogP contribution in [0.3, 0.4) is 0 Å². The maximum absolute atomic E-state index is 13.2. The molecule has 0 aliphatic rings. The van der Waals surface area contributed by atoms with E-state index in [-0.39, 0.29) is 18.0 Å². The van der Waals surface area contributed by atoms with Crippen LogP contribution >= 0.6 is 27.5 Å². The molecule has 0 bridgehead atoms. The van der Waals surface area contributed by atoms with Crippen LogP contribution < -0.4 is 5.32 Å². The van der Waals surface area contributed by atoms with Crippen molar-refractivity contribution in [1.29, 1.82) is 0 Å². The number of carbonyl (C=O) groups excluding carboxylic acids is 1. The van der Waals surface area contributed by atoms with E-state index in [2.05, 4.69) is 21.2 Å². The highest BCUT2D eigenvalue weighted by molar-refractivity contribution is 9.10. The molecule has 0 saturated carbocycles. The van der Waals surface area contributed by atoms with Gasteiger partial charge in [0.15, 0.2) is 0 Å². The van der Waals surface area contributed by atoms with Gasteiger partial charge < -0.3 is 5.32 Å². The number of rotatable bonds is 7. The summed E-state index contributed by atoms with van der Waals surface area (Å²) >= 11 is 9.22. The van der Waals surface area contributed by atoms with Gasteiger partial charge in [0.1, 0.15) is 0 Å². The Hall–Kier alpha value is -2.19. The second-order valence-corrected chi connectivity index (χ2v) is 9.56. The number of sulfonamides is 1. The summed E-state index contributed by atoms with van der Waals surface area (Å²) in [6.07, 6.45) is 0. The molecule has 0 unspecified atom stereocenters. The van der Waals surface area contributed by atoms with Crippen molar-refractivity contribution in [1.82, 2.24) is 4.31 Å². The monoisotopic (exact) mass is 492 g/mol. The van der Waals surface area contributed by atoms with Crippen molar-refractivity contribution in [2.24, 2.45) is 0 Å². The van der Waals surface area contributed by atoms with Crippen LogP contribution in [0, 0.1) is 0 Å². The fourth-order valence-corrected chi connectivity index (χ4v) is 4.45. The van der Waals surface area contributed by atoms with Crippen LogP contribution in [0.1, 0.15) is 5.56 Å². The summed E-state index contributed by atoms with van der Waals surface area (Å²) in [7, 11) is -3.86. The molecule has 8 heteroatoms. The standard InChI is InChI=1S/C21H18BrClN2O3S/c22-17-8-6-16(7-9-17)14-25(29(27,28)20-4-2-1-3-5-20)15-21(26)24-19-12-10-18(23)11-13-19/h1-13H,14-15H2,(H,24,26). The van der Waals surface area contributed by atoms with Crippen molar-refractivity contribution >= 4 is 49.1 Å². The summed E-state index contributed by atoms with van der Waals surface area (Å²) < 4.78 is 28.4. The molecule has 0 aromatic heterocycles. The Labute approximate surface area is 183 Å². The van der Waals surface area contributed by atoms with E-state index in [4.69, 9.17) is 11.6 Å². The third kappa shape index (κ3) is 5.90. The zero-order chi connectivity index (χ0) is 20.9. The fourth-order valence-electron chi connectivity index (χ4n) is 2.65. The number of hydrogen-bond acceptors (Lipinski definition) is 3. The SMILES string of the molecule is O=C(CN(Cc1ccc(Br)cc1)S(=O)(=O)c1ccccc1)Nc1ccc(Cl)cc1. The summed E-state index contributed by atoms with van der Waals surface area (Å²) in [5.41, 5.74) is 1.31. The third-order valence-corrected chi connectivity index (χ3v) is 6.69. The summed E-state index contributed by atoms with van der Waals surface area (Å²) in [6, 6.07) is 22.0. The van der Waals surface area contributed by atoms with Crippen LogP contribution in [0.2, 0.25) is 5.02 Å². The maximum Gasteiger partial charge on any atom is 0.243 e. The Morgan fingerprint density at radius 3 is 2.17 bits per heavy atom. The lowest BCUT2D eigenvalue weighted by Gasteiger charge is -2.22. The molecule has 0 spiro atoms. The number of carbonyl (C=O) groups is 1. The normalized spacial score (nSPS) is 11.4. The number of hydrogen-bond donors (Lipinski definition) is 1. The van der Waals surface area contributed by atoms with Crippen molar-refractivity contribution in [3.63, 3.8) is 0 Å². The van der Waals surface area contributed by atoms with Crippen LogP contribution in [-0.4, -0.2) is 25.2 Å². The minimum absolute atomic E-state index is 0.0680. The van der Waals surface area contributed by atoms with E-state index in [1.807, 2.05) is 24.3 Å². The third-order valence-electron chi connectivity index (χ3n) is 4.10. The quantitative estimate of drug-likeness (QED) is 0.507. The van der Waals surface area contributed by atoms with Crippen LogP contribution in [0.25, 0.3) is 0 Å². The molecule has 3 aromatic rings. The molecule has 0 aliphatic carbocycles. The topological polar surface area (TPSA) is 66.5 Å². The summed E-state index contributed by atoms with van der Waals surface area (Å²) in [5.74, 6) is -0.441. The molecule has 3 rings (SSSR count). The number of nitrogens with one attached hydrogen (secondary N) is 1. The number of halogens is 2. The summed E-state index contributed by atoms with van der Waals surface area (Å²) in [4.78, 5) is 12.7.